The number of nitrogens with zero attached hydrogens (tertiary/aromatic N) is 1. The van der Waals surface area contributed by atoms with Crippen LogP contribution in [0.3, 0.4) is 0 Å². The van der Waals surface area contributed by atoms with Gasteiger partial charge >= 0.3 is 0 Å². The van der Waals surface area contributed by atoms with Gasteiger partial charge in [-0.25, -0.2) is 4.98 Å². The molecule has 0 fully saturated rings. The van der Waals surface area contributed by atoms with Crippen LogP contribution in [0.1, 0.15) is 10.5 Å². The zero-order valence-corrected chi connectivity index (χ0v) is 9.53. The Kier molecular flexibility index (Phi) is 3.15. The molecule has 1 aromatic heterocycles. The van der Waals surface area contributed by atoms with Crippen LogP contribution in [0.5, 0.6) is 0 Å². The molecule has 0 bridgehead atoms. The van der Waals surface area contributed by atoms with Crippen LogP contribution in [0, 0.1) is 0 Å². The van der Waals surface area contributed by atoms with Gasteiger partial charge in [-0.15, -0.1) is 11.3 Å². The molecule has 0 aliphatic heterocycles. The quantitative estimate of drug-likeness (QED) is 0.636. The first-order valence-electron chi connectivity index (χ1n) is 4.78. The molecule has 1 heterocycles. The monoisotopic (exact) mass is 247 g/mol. The highest BCUT2D eigenvalue weighted by molar-refractivity contribution is 7.13. The van der Waals surface area contributed by atoms with Gasteiger partial charge in [-0.2, -0.15) is 0 Å². The molecule has 0 atom stereocenters. The molecular weight excluding hydrogens is 238 g/mol. The lowest BCUT2D eigenvalue weighted by molar-refractivity contribution is -0.112. The molecule has 0 aliphatic rings. The molecule has 0 unspecified atom stereocenters. The van der Waals surface area contributed by atoms with E-state index in [0.717, 1.165) is 11.3 Å². The standard InChI is InChI=1S/C11H9N3O2S/c12-11-14-8(6-17-11)9(15)10(16)13-7-4-2-1-3-5-7/h1-6H,(H2,12,14)(H,13,16). The number of hydrogen-bond donors (Lipinski definition) is 2. The molecule has 0 radical (unpaired) electrons. The van der Waals surface area contributed by atoms with E-state index in [1.807, 2.05) is 6.07 Å². The average Bonchev–Trinajstić information content (AvgIpc) is 2.76. The van der Waals surface area contributed by atoms with Crippen LogP contribution in [-0.4, -0.2) is 16.7 Å². The minimum atomic E-state index is -0.721. The first-order valence-corrected chi connectivity index (χ1v) is 5.66. The fourth-order valence-electron chi connectivity index (χ4n) is 1.22. The first kappa shape index (κ1) is 11.3. The van der Waals surface area contributed by atoms with Gasteiger partial charge in [-0.1, -0.05) is 18.2 Å². The van der Waals surface area contributed by atoms with Gasteiger partial charge in [0.2, 0.25) is 0 Å². The van der Waals surface area contributed by atoms with Gasteiger partial charge in [-0.3, -0.25) is 9.59 Å². The molecule has 0 aliphatic carbocycles. The average molecular weight is 247 g/mol. The van der Waals surface area contributed by atoms with Crippen molar-refractivity contribution in [1.29, 1.82) is 0 Å². The molecule has 5 nitrogen and oxygen atoms in total. The summed E-state index contributed by atoms with van der Waals surface area (Å²) in [4.78, 5) is 27.0. The van der Waals surface area contributed by atoms with Gasteiger partial charge in [0.1, 0.15) is 5.69 Å². The van der Waals surface area contributed by atoms with E-state index in [-0.39, 0.29) is 10.8 Å². The number of nitrogens with one attached hydrogen (secondary N) is 1. The number of thiazole rings is 1. The molecule has 0 saturated carbocycles. The van der Waals surface area contributed by atoms with Crippen molar-refractivity contribution in [1.82, 2.24) is 4.98 Å². The SMILES string of the molecule is Nc1nc(C(=O)C(=O)Nc2ccccc2)cs1. The van der Waals surface area contributed by atoms with Crippen LogP contribution in [-0.2, 0) is 4.79 Å². The van der Waals surface area contributed by atoms with E-state index < -0.39 is 11.7 Å². The first-order chi connectivity index (χ1) is 8.16. The second-order valence-electron chi connectivity index (χ2n) is 3.22. The summed E-state index contributed by atoms with van der Waals surface area (Å²) >= 11 is 1.12. The topological polar surface area (TPSA) is 85.1 Å². The summed E-state index contributed by atoms with van der Waals surface area (Å²) in [6, 6.07) is 8.74. The van der Waals surface area contributed by atoms with E-state index in [0.29, 0.717) is 5.69 Å². The predicted octanol–water partition coefficient (Wildman–Crippen LogP) is 1.55. The van der Waals surface area contributed by atoms with Crippen molar-refractivity contribution in [2.75, 3.05) is 11.1 Å². The van der Waals surface area contributed by atoms with Gasteiger partial charge in [0.05, 0.1) is 0 Å². The lowest BCUT2D eigenvalue weighted by Gasteiger charge is -2.01. The third-order valence-corrected chi connectivity index (χ3v) is 2.67. The Bertz CT molecular complexity index is 551. The highest BCUT2D eigenvalue weighted by Crippen LogP contribution is 2.12. The molecule has 2 aromatic rings. The molecule has 0 saturated heterocycles. The third kappa shape index (κ3) is 2.67. The normalized spacial score (nSPS) is 9.88. The largest absolute Gasteiger partial charge is 0.375 e. The van der Waals surface area contributed by atoms with Crippen LogP contribution < -0.4 is 11.1 Å². The molecule has 86 valence electrons. The summed E-state index contributed by atoms with van der Waals surface area (Å²) in [6.45, 7) is 0. The molecule has 3 N–H and O–H groups in total. The van der Waals surface area contributed by atoms with E-state index in [4.69, 9.17) is 5.73 Å². The van der Waals surface area contributed by atoms with Gasteiger partial charge in [0.15, 0.2) is 5.13 Å². The number of amides is 1. The van der Waals surface area contributed by atoms with Crippen molar-refractivity contribution in [3.8, 4) is 0 Å². The number of nitrogens with two attached hydrogens (primary N) is 1. The lowest BCUT2D eigenvalue weighted by Crippen LogP contribution is -2.23. The van der Waals surface area contributed by atoms with E-state index in [9.17, 15) is 9.59 Å². The molecule has 17 heavy (non-hydrogen) atoms. The number of rotatable bonds is 3. The number of nitrogen functional groups attached to an aromatic ring is 1. The Morgan fingerprint density at radius 2 is 1.94 bits per heavy atom. The number of ketones is 1. The van der Waals surface area contributed by atoms with E-state index in [1.54, 1.807) is 24.3 Å². The fourth-order valence-corrected chi connectivity index (χ4v) is 1.76. The van der Waals surface area contributed by atoms with Crippen LogP contribution in [0.2, 0.25) is 0 Å². The Hall–Kier alpha value is -2.21. The summed E-state index contributed by atoms with van der Waals surface area (Å²) in [7, 11) is 0. The van der Waals surface area contributed by atoms with Gasteiger partial charge < -0.3 is 11.1 Å². The maximum Gasteiger partial charge on any atom is 0.298 e. The second-order valence-corrected chi connectivity index (χ2v) is 4.11. The summed E-state index contributed by atoms with van der Waals surface area (Å²) in [5.74, 6) is -1.41. The van der Waals surface area contributed by atoms with Crippen molar-refractivity contribution in [2.24, 2.45) is 0 Å². The van der Waals surface area contributed by atoms with Crippen LogP contribution in [0.15, 0.2) is 35.7 Å². The molecule has 1 amide bonds. The van der Waals surface area contributed by atoms with E-state index >= 15 is 0 Å². The van der Waals surface area contributed by atoms with Gasteiger partial charge in [-0.05, 0) is 12.1 Å². The Morgan fingerprint density at radius 3 is 2.53 bits per heavy atom. The summed E-state index contributed by atoms with van der Waals surface area (Å²) in [5, 5.41) is 4.21. The van der Waals surface area contributed by atoms with Crippen molar-refractivity contribution in [2.45, 2.75) is 0 Å². The smallest absolute Gasteiger partial charge is 0.298 e. The zero-order valence-electron chi connectivity index (χ0n) is 8.71. The van der Waals surface area contributed by atoms with Crippen LogP contribution >= 0.6 is 11.3 Å². The van der Waals surface area contributed by atoms with Crippen molar-refractivity contribution in [3.05, 3.63) is 41.4 Å². The summed E-state index contributed by atoms with van der Waals surface area (Å²) < 4.78 is 0. The molecule has 6 heteroatoms. The number of Topliss-reactive ketones (excluding diaryl/α,β-unsaturated/α-hetero) is 1. The van der Waals surface area contributed by atoms with Crippen LogP contribution in [0.4, 0.5) is 10.8 Å². The zero-order chi connectivity index (χ0) is 12.3. The number of anilines is 2. The molecule has 2 rings (SSSR count). The molecule has 1 aromatic carbocycles. The number of aromatic nitrogens is 1. The van der Waals surface area contributed by atoms with Crippen molar-refractivity contribution < 1.29 is 9.59 Å². The number of hydrogen-bond acceptors (Lipinski definition) is 5. The minimum Gasteiger partial charge on any atom is -0.375 e. The predicted molar refractivity (Wildman–Crippen MR) is 65.9 cm³/mol. The lowest BCUT2D eigenvalue weighted by atomic mass is 10.2. The van der Waals surface area contributed by atoms with Gasteiger partial charge in [0.25, 0.3) is 11.7 Å². The van der Waals surface area contributed by atoms with Crippen molar-refractivity contribution >= 4 is 33.8 Å². The highest BCUT2D eigenvalue weighted by atomic mass is 32.1. The third-order valence-electron chi connectivity index (χ3n) is 1.99. The van der Waals surface area contributed by atoms with Crippen molar-refractivity contribution in [3.63, 3.8) is 0 Å². The Morgan fingerprint density at radius 1 is 1.24 bits per heavy atom. The maximum atomic E-state index is 11.6. The Labute approximate surface area is 101 Å². The molecular formula is C11H9N3O2S. The summed E-state index contributed by atoms with van der Waals surface area (Å²) in [6.07, 6.45) is 0. The highest BCUT2D eigenvalue weighted by Gasteiger charge is 2.18. The number of carbonyl (C=O) groups excluding carboxylic acids is 2. The van der Waals surface area contributed by atoms with E-state index in [2.05, 4.69) is 10.3 Å². The molecule has 0 spiro atoms. The van der Waals surface area contributed by atoms with Crippen LogP contribution in [0.25, 0.3) is 0 Å². The maximum absolute atomic E-state index is 11.6. The second kappa shape index (κ2) is 4.75. The summed E-state index contributed by atoms with van der Waals surface area (Å²) in [5.41, 5.74) is 6.03. The number of carbonyl (C=O) groups is 2. The minimum absolute atomic E-state index is 0.0703. The number of benzene rings is 1. The fraction of sp³-hybridized carbons (Fsp3) is 0. The number of para-hydroxylation sites is 1. The Balaban J connectivity index is 2.09. The van der Waals surface area contributed by atoms with Gasteiger partial charge in [0, 0.05) is 11.1 Å². The van der Waals surface area contributed by atoms with E-state index in [1.165, 1.54) is 5.38 Å².